The maximum atomic E-state index is 12.2. The summed E-state index contributed by atoms with van der Waals surface area (Å²) < 4.78 is 0. The Morgan fingerprint density at radius 3 is 1.55 bits per heavy atom. The Hall–Kier alpha value is -1.58. The van der Waals surface area contributed by atoms with Gasteiger partial charge < -0.3 is 10.6 Å². The largest absolute Gasteiger partial charge is 0.356 e. The monoisotopic (exact) mass is 589 g/mol. The summed E-state index contributed by atoms with van der Waals surface area (Å²) in [6.07, 6.45) is 41.2. The van der Waals surface area contributed by atoms with E-state index in [2.05, 4.69) is 55.7 Å². The van der Waals surface area contributed by atoms with E-state index in [1.165, 1.54) is 116 Å². The fraction of sp³-hybridized carbons (Fsp3) is 0.842. The molecule has 246 valence electrons. The molecule has 4 heteroatoms. The molecule has 0 rings (SSSR count). The van der Waals surface area contributed by atoms with Gasteiger partial charge in [-0.1, -0.05) is 134 Å². The van der Waals surface area contributed by atoms with Crippen LogP contribution in [0.5, 0.6) is 0 Å². The Balaban J connectivity index is 3.44. The van der Waals surface area contributed by atoms with Gasteiger partial charge in [-0.2, -0.15) is 0 Å². The quantitative estimate of drug-likeness (QED) is 0.0606. The average Bonchev–Trinajstić information content (AvgIpc) is 2.97. The number of carbonyl (C=O) groups is 2. The van der Waals surface area contributed by atoms with Crippen LogP contribution in [0.25, 0.3) is 0 Å². The lowest BCUT2D eigenvalue weighted by atomic mass is 10.1. The molecule has 0 radical (unpaired) electrons. The summed E-state index contributed by atoms with van der Waals surface area (Å²) in [7, 11) is 0. The second-order valence-electron chi connectivity index (χ2n) is 12.6. The number of unbranched alkanes of at least 4 members (excludes halogenated alkanes) is 19. The number of hydrogen-bond donors (Lipinski definition) is 2. The van der Waals surface area contributed by atoms with Crippen molar-refractivity contribution in [2.24, 2.45) is 0 Å². The molecule has 0 spiro atoms. The van der Waals surface area contributed by atoms with E-state index in [0.29, 0.717) is 12.8 Å². The molecule has 2 N–H and O–H groups in total. The van der Waals surface area contributed by atoms with E-state index >= 15 is 0 Å². The molecule has 1 atom stereocenters. The molecular weight excluding hydrogens is 516 g/mol. The maximum Gasteiger partial charge on any atom is 0.220 e. The predicted molar refractivity (Wildman–Crippen MR) is 185 cm³/mol. The van der Waals surface area contributed by atoms with Gasteiger partial charge in [-0.05, 0) is 71.1 Å². The molecule has 42 heavy (non-hydrogen) atoms. The van der Waals surface area contributed by atoms with Crippen LogP contribution in [-0.4, -0.2) is 24.4 Å². The summed E-state index contributed by atoms with van der Waals surface area (Å²) >= 11 is 0. The molecule has 0 saturated carbocycles. The number of allylic oxidation sites excluding steroid dienone is 4. The lowest BCUT2D eigenvalue weighted by Gasteiger charge is -2.14. The fourth-order valence-electron chi connectivity index (χ4n) is 5.36. The van der Waals surface area contributed by atoms with E-state index in [-0.39, 0.29) is 17.9 Å². The molecule has 0 aromatic carbocycles. The normalized spacial score (nSPS) is 12.4. The highest BCUT2D eigenvalue weighted by molar-refractivity contribution is 5.76. The number of carbonyl (C=O) groups excluding carboxylic acids is 2. The second-order valence-corrected chi connectivity index (χ2v) is 12.6. The summed E-state index contributed by atoms with van der Waals surface area (Å²) in [5.41, 5.74) is 0. The summed E-state index contributed by atoms with van der Waals surface area (Å²) in [4.78, 5) is 24.3. The molecule has 2 amide bonds. The van der Waals surface area contributed by atoms with Crippen molar-refractivity contribution in [2.75, 3.05) is 6.54 Å². The van der Waals surface area contributed by atoms with Crippen molar-refractivity contribution in [2.45, 2.75) is 200 Å². The Kier molecular flexibility index (Phi) is 32.6. The van der Waals surface area contributed by atoms with Crippen molar-refractivity contribution in [1.29, 1.82) is 0 Å². The van der Waals surface area contributed by atoms with Crippen molar-refractivity contribution in [1.82, 2.24) is 10.6 Å². The van der Waals surface area contributed by atoms with Crippen LogP contribution < -0.4 is 10.6 Å². The number of nitrogens with one attached hydrogen (secondary N) is 2. The third-order valence-corrected chi connectivity index (χ3v) is 8.16. The van der Waals surface area contributed by atoms with Gasteiger partial charge in [-0.25, -0.2) is 0 Å². The molecule has 0 aromatic rings. The summed E-state index contributed by atoms with van der Waals surface area (Å²) in [6.45, 7) is 7.37. The van der Waals surface area contributed by atoms with Crippen LogP contribution in [-0.2, 0) is 9.59 Å². The zero-order valence-electron chi connectivity index (χ0n) is 28.5. The highest BCUT2D eigenvalue weighted by atomic mass is 16.2. The minimum absolute atomic E-state index is 0.188. The Bertz CT molecular complexity index is 643. The van der Waals surface area contributed by atoms with Crippen LogP contribution in [0.2, 0.25) is 0 Å². The average molecular weight is 589 g/mol. The van der Waals surface area contributed by atoms with Crippen LogP contribution in [0.15, 0.2) is 24.3 Å². The van der Waals surface area contributed by atoms with Gasteiger partial charge >= 0.3 is 0 Å². The van der Waals surface area contributed by atoms with Crippen LogP contribution in [0.4, 0.5) is 0 Å². The molecule has 4 nitrogen and oxygen atoms in total. The highest BCUT2D eigenvalue weighted by Gasteiger charge is 2.07. The molecular formula is C38H72N2O2. The zero-order chi connectivity index (χ0) is 30.8. The molecule has 0 aliphatic rings. The van der Waals surface area contributed by atoms with Gasteiger partial charge in [0.2, 0.25) is 11.8 Å². The summed E-state index contributed by atoms with van der Waals surface area (Å²) in [6, 6.07) is 0.211. The van der Waals surface area contributed by atoms with E-state index in [1.54, 1.807) is 0 Å². The molecule has 0 heterocycles. The van der Waals surface area contributed by atoms with E-state index in [1.807, 2.05) is 0 Å². The van der Waals surface area contributed by atoms with E-state index in [4.69, 9.17) is 0 Å². The SMILES string of the molecule is CCCCC/C=C\C/C=C\CCCCCCCC(=O)N[C@H](C)CCCCNC(=O)CCCCCCCCCCCCC. The van der Waals surface area contributed by atoms with Gasteiger partial charge in [0, 0.05) is 25.4 Å². The third kappa shape index (κ3) is 32.9. The molecule has 0 unspecified atom stereocenters. The third-order valence-electron chi connectivity index (χ3n) is 8.16. The Morgan fingerprint density at radius 2 is 0.976 bits per heavy atom. The molecule has 0 aromatic heterocycles. The van der Waals surface area contributed by atoms with Crippen LogP contribution in [0.1, 0.15) is 194 Å². The van der Waals surface area contributed by atoms with Crippen LogP contribution in [0.3, 0.4) is 0 Å². The van der Waals surface area contributed by atoms with Crippen LogP contribution >= 0.6 is 0 Å². The van der Waals surface area contributed by atoms with Crippen molar-refractivity contribution < 1.29 is 9.59 Å². The van der Waals surface area contributed by atoms with Crippen molar-refractivity contribution >= 4 is 11.8 Å². The van der Waals surface area contributed by atoms with Gasteiger partial charge in [0.1, 0.15) is 0 Å². The summed E-state index contributed by atoms with van der Waals surface area (Å²) in [5, 5.41) is 6.22. The zero-order valence-corrected chi connectivity index (χ0v) is 28.5. The molecule has 0 saturated heterocycles. The van der Waals surface area contributed by atoms with Gasteiger partial charge in [-0.15, -0.1) is 0 Å². The molecule has 0 aliphatic carbocycles. The van der Waals surface area contributed by atoms with Gasteiger partial charge in [-0.3, -0.25) is 9.59 Å². The second kappa shape index (κ2) is 33.9. The van der Waals surface area contributed by atoms with Gasteiger partial charge in [0.25, 0.3) is 0 Å². The van der Waals surface area contributed by atoms with E-state index < -0.39 is 0 Å². The highest BCUT2D eigenvalue weighted by Crippen LogP contribution is 2.12. The van der Waals surface area contributed by atoms with Crippen molar-refractivity contribution in [3.63, 3.8) is 0 Å². The first-order valence-electron chi connectivity index (χ1n) is 18.5. The smallest absolute Gasteiger partial charge is 0.220 e. The maximum absolute atomic E-state index is 12.2. The van der Waals surface area contributed by atoms with Crippen molar-refractivity contribution in [3.8, 4) is 0 Å². The minimum Gasteiger partial charge on any atom is -0.356 e. The Labute approximate surface area is 262 Å². The first-order valence-corrected chi connectivity index (χ1v) is 18.5. The number of amides is 2. The first kappa shape index (κ1) is 40.4. The van der Waals surface area contributed by atoms with Crippen molar-refractivity contribution in [3.05, 3.63) is 24.3 Å². The van der Waals surface area contributed by atoms with E-state index in [0.717, 1.165) is 51.5 Å². The summed E-state index contributed by atoms with van der Waals surface area (Å²) in [5.74, 6) is 0.387. The van der Waals surface area contributed by atoms with Gasteiger partial charge in [0.15, 0.2) is 0 Å². The lowest BCUT2D eigenvalue weighted by molar-refractivity contribution is -0.122. The molecule has 0 bridgehead atoms. The molecule has 0 fully saturated rings. The molecule has 0 aliphatic heterocycles. The number of hydrogen-bond acceptors (Lipinski definition) is 2. The lowest BCUT2D eigenvalue weighted by Crippen LogP contribution is -2.32. The van der Waals surface area contributed by atoms with Gasteiger partial charge in [0.05, 0.1) is 0 Å². The number of rotatable bonds is 32. The Morgan fingerprint density at radius 1 is 0.524 bits per heavy atom. The van der Waals surface area contributed by atoms with Crippen LogP contribution in [0, 0.1) is 0 Å². The topological polar surface area (TPSA) is 58.2 Å². The van der Waals surface area contributed by atoms with E-state index in [9.17, 15) is 9.59 Å². The fourth-order valence-corrected chi connectivity index (χ4v) is 5.36. The first-order chi connectivity index (χ1) is 20.6. The predicted octanol–water partition coefficient (Wildman–Crippen LogP) is 11.3. The standard InChI is InChI=1S/C38H72N2O2/c1-4-6-8-10-12-14-16-17-18-19-21-23-25-27-29-34-38(42)40-36(3)32-30-31-35-39-37(41)33-28-26-24-22-20-15-13-11-9-7-5-2/h12,14,17-18,36H,4-11,13,15-16,19-35H2,1-3H3,(H,39,41)(H,40,42)/b14-12-,18-17-/t36-/m1/s1. The minimum atomic E-state index is 0.188.